The Morgan fingerprint density at radius 3 is 0.958 bits per heavy atom. The summed E-state index contributed by atoms with van der Waals surface area (Å²) in [4.78, 5) is 76.0. The molecule has 30 atom stereocenters. The van der Waals surface area contributed by atoms with Gasteiger partial charge in [-0.1, -0.05) is 0 Å². The number of hydrogen-bond donors (Lipinski definition) is 20. The summed E-state index contributed by atoms with van der Waals surface area (Å²) >= 11 is 0. The molecule has 548 valence electrons. The van der Waals surface area contributed by atoms with Crippen LogP contribution in [0.2, 0.25) is 0 Å². The number of rotatable bonds is 27. The van der Waals surface area contributed by atoms with Crippen molar-refractivity contribution in [2.75, 3.05) is 19.8 Å². The molecule has 20 N–H and O–H groups in total. The summed E-state index contributed by atoms with van der Waals surface area (Å²) in [6.45, 7) is -2.08. The van der Waals surface area contributed by atoms with E-state index < -0.39 is 281 Å². The number of amides is 3. The predicted molar refractivity (Wildman–Crippen MR) is 277 cm³/mol. The lowest BCUT2D eigenvalue weighted by molar-refractivity contribution is -0.376. The number of carboxylic acids is 3. The molecule has 3 amide bonds. The van der Waals surface area contributed by atoms with Crippen LogP contribution in [0.15, 0.2) is 0 Å². The van der Waals surface area contributed by atoms with Crippen LogP contribution in [0.3, 0.4) is 0 Å². The Labute approximate surface area is 532 Å². The SMILES string of the molecule is CC(=O)N[C@H]1[C@H](O[C@H]2[C@H](O)[C@@H](O)[C@H](O[C@H]3[C@@H](O)[C@@H](COS(=O)(=O)O)OC(O)[C@@H]3NC(C)=O)O[C@@H]2C(=O)O)O[C@H](COS(=O)(=O)O)[C@H](O)[C@@H]1O[C@@H]1O[C@H](C(=O)O)[C@@H](O[C@@H]2O[C@H](COS(=O)(=O)O)[C@H](O)[C@H](O[C@@H]3O[C@H](C(=O)O)[C@@H](O)[C@H](O)[C@H]3OS(=O)(=O)O)[C@H]2NC(C)=O)[C@H](O)[C@H]1O. The standard InChI is InChI=1S/C42H65N3O46S4/c1-7(46)43-13-25(16(49)10(80-37(13)64)4-77-92(65,66)67)83-40-23(56)21(54)28(32(89-40)35(60)61)86-38-14(44-8(2)47)26(17(50)11(81-38)5-78-93(68,69)70)84-41-24(57)22(55)29(33(90-41)36(62)63)87-39-15(45-9(3)48)27(18(51)12(82-39)6-79-94(71,72)73)85-42-31(91-95(74,75)76)20(53)19(52)30(88-42)34(58)59/h10-33,37-42,49-57,64H,4-6H2,1-3H3,(H,43,46)(H,44,47)(H,45,48)(H,58,59)(H,60,61)(H,62,63)(H,65,66,67)(H,68,69,70)(H,71,72,73)(H,74,75,76)/t10-,11-,12-,13-,14-,15-,16+,17+,18+,19+,20+,21-,22-,23-,24-,25-,26-,27-,28+,29+,30+,31-,32+,33+,37?,38+,39+,40-,41-,42-/m1/s1. The second kappa shape index (κ2) is 31.8. The minimum atomic E-state index is -5.77. The fraction of sp³-hybridized carbons (Fsp3) is 0.857. The van der Waals surface area contributed by atoms with Gasteiger partial charge >= 0.3 is 59.5 Å². The lowest BCUT2D eigenvalue weighted by Gasteiger charge is -2.50. The average Bonchev–Trinajstić information content (AvgIpc) is 0.771. The van der Waals surface area contributed by atoms with Gasteiger partial charge in [-0.25, -0.2) is 31.1 Å². The van der Waals surface area contributed by atoms with Crippen molar-refractivity contribution in [1.29, 1.82) is 0 Å². The van der Waals surface area contributed by atoms with Crippen LogP contribution in [0.25, 0.3) is 0 Å². The predicted octanol–water partition coefficient (Wildman–Crippen LogP) is -14.1. The second-order valence-corrected chi connectivity index (χ2v) is 25.5. The van der Waals surface area contributed by atoms with Crippen LogP contribution < -0.4 is 16.0 Å². The van der Waals surface area contributed by atoms with Crippen LogP contribution in [0.4, 0.5) is 0 Å². The number of aliphatic hydroxyl groups excluding tert-OH is 10. The molecule has 0 saturated carbocycles. The van der Waals surface area contributed by atoms with E-state index in [0.717, 1.165) is 13.8 Å². The molecule has 6 aliphatic heterocycles. The van der Waals surface area contributed by atoms with E-state index in [2.05, 4.69) is 32.7 Å². The summed E-state index contributed by atoms with van der Waals surface area (Å²) in [5.74, 6) is -9.94. The molecular weight excluding hydrogens is 1410 g/mol. The fourth-order valence-corrected chi connectivity index (χ4v) is 11.7. The zero-order chi connectivity index (χ0) is 71.6. The first-order valence-corrected chi connectivity index (χ1v) is 32.2. The van der Waals surface area contributed by atoms with Gasteiger partial charge in [-0.3, -0.25) is 32.6 Å². The minimum Gasteiger partial charge on any atom is -0.479 e. The highest BCUT2D eigenvalue weighted by atomic mass is 32.3. The second-order valence-electron chi connectivity index (χ2n) is 21.2. The molecule has 0 aromatic rings. The normalized spacial score (nSPS) is 41.4. The van der Waals surface area contributed by atoms with Gasteiger partial charge in [0.25, 0.3) is 0 Å². The molecule has 95 heavy (non-hydrogen) atoms. The van der Waals surface area contributed by atoms with Gasteiger partial charge in [0.05, 0.1) is 19.8 Å². The van der Waals surface area contributed by atoms with Crippen LogP contribution in [-0.2, 0) is 139 Å². The Morgan fingerprint density at radius 1 is 0.337 bits per heavy atom. The molecule has 53 heteroatoms. The monoisotopic (exact) mass is 1480 g/mol. The largest absolute Gasteiger partial charge is 0.479 e. The van der Waals surface area contributed by atoms with Crippen molar-refractivity contribution in [2.24, 2.45) is 0 Å². The summed E-state index contributed by atoms with van der Waals surface area (Å²) in [5, 5.41) is 150. The van der Waals surface area contributed by atoms with E-state index in [1.807, 2.05) is 0 Å². The molecule has 6 heterocycles. The molecule has 0 bridgehead atoms. The third kappa shape index (κ3) is 20.6. The van der Waals surface area contributed by atoms with Crippen LogP contribution in [0, 0.1) is 0 Å². The number of aliphatic carboxylic acids is 3. The first-order chi connectivity index (χ1) is 43.7. The van der Waals surface area contributed by atoms with E-state index in [1.54, 1.807) is 0 Å². The molecule has 6 saturated heterocycles. The summed E-state index contributed by atoms with van der Waals surface area (Å²) < 4.78 is 209. The topological polar surface area (TPSA) is 757 Å². The summed E-state index contributed by atoms with van der Waals surface area (Å²) in [5.41, 5.74) is 0. The van der Waals surface area contributed by atoms with Gasteiger partial charge < -0.3 is 134 Å². The Kier molecular flexibility index (Phi) is 26.6. The maximum atomic E-state index is 13.2. The van der Waals surface area contributed by atoms with Crippen LogP contribution in [0.1, 0.15) is 20.8 Å². The zero-order valence-electron chi connectivity index (χ0n) is 48.0. The van der Waals surface area contributed by atoms with Crippen molar-refractivity contribution in [2.45, 2.75) is 205 Å². The average molecular weight is 1480 g/mol. The molecule has 0 aliphatic carbocycles. The maximum absolute atomic E-state index is 13.2. The first-order valence-electron chi connectivity index (χ1n) is 26.7. The van der Waals surface area contributed by atoms with E-state index >= 15 is 0 Å². The van der Waals surface area contributed by atoms with Gasteiger partial charge in [-0.2, -0.15) is 33.7 Å². The zero-order valence-corrected chi connectivity index (χ0v) is 51.3. The Balaban J connectivity index is 1.34. The number of aliphatic hydroxyl groups is 10. The van der Waals surface area contributed by atoms with E-state index in [4.69, 9.17) is 56.7 Å². The van der Waals surface area contributed by atoms with E-state index in [1.165, 1.54) is 0 Å². The number of carboxylic acid groups (broad SMARTS) is 3. The number of carbonyl (C=O) groups is 6. The van der Waals surface area contributed by atoms with E-state index in [0.29, 0.717) is 6.92 Å². The number of nitrogens with one attached hydrogen (secondary N) is 3. The molecule has 6 rings (SSSR count). The van der Waals surface area contributed by atoms with Gasteiger partial charge in [0, 0.05) is 20.8 Å². The van der Waals surface area contributed by atoms with Gasteiger partial charge in [0.2, 0.25) is 17.7 Å². The van der Waals surface area contributed by atoms with Crippen LogP contribution >= 0.6 is 0 Å². The number of carbonyl (C=O) groups excluding carboxylic acids is 3. The molecule has 0 aromatic carbocycles. The summed E-state index contributed by atoms with van der Waals surface area (Å²) in [6, 6.07) is -6.61. The lowest BCUT2D eigenvalue weighted by Crippen LogP contribution is -2.71. The first kappa shape index (κ1) is 79.4. The summed E-state index contributed by atoms with van der Waals surface area (Å²) in [7, 11) is -22.2. The van der Waals surface area contributed by atoms with E-state index in [9.17, 15) is 142 Å². The molecule has 0 radical (unpaired) electrons. The van der Waals surface area contributed by atoms with Crippen LogP contribution in [-0.4, -0.2) is 358 Å². The van der Waals surface area contributed by atoms with Gasteiger partial charge in [-0.15, -0.1) is 0 Å². The fourth-order valence-electron chi connectivity index (χ4n) is 10.3. The smallest absolute Gasteiger partial charge is 0.397 e. The van der Waals surface area contributed by atoms with Gasteiger partial charge in [-0.05, 0) is 0 Å². The maximum Gasteiger partial charge on any atom is 0.397 e. The van der Waals surface area contributed by atoms with Gasteiger partial charge in [0.1, 0.15) is 122 Å². The molecule has 6 aliphatic rings. The molecule has 6 fully saturated rings. The Hall–Kier alpha value is -4.54. The minimum absolute atomic E-state index is 0.716. The highest BCUT2D eigenvalue weighted by Crippen LogP contribution is 2.38. The third-order valence-electron chi connectivity index (χ3n) is 14.3. The van der Waals surface area contributed by atoms with Crippen molar-refractivity contribution >= 4 is 77.2 Å². The van der Waals surface area contributed by atoms with Crippen molar-refractivity contribution < 1.29 is 216 Å². The van der Waals surface area contributed by atoms with Crippen molar-refractivity contribution in [3.05, 3.63) is 0 Å². The van der Waals surface area contributed by atoms with Crippen molar-refractivity contribution in [1.82, 2.24) is 16.0 Å². The summed E-state index contributed by atoms with van der Waals surface area (Å²) in [6.07, 6.45) is -69.5. The van der Waals surface area contributed by atoms with Crippen molar-refractivity contribution in [3.63, 3.8) is 0 Å². The van der Waals surface area contributed by atoms with E-state index in [-0.39, 0.29) is 0 Å². The Morgan fingerprint density at radius 2 is 0.632 bits per heavy atom. The molecule has 49 nitrogen and oxygen atoms in total. The van der Waals surface area contributed by atoms with Crippen molar-refractivity contribution in [3.8, 4) is 0 Å². The van der Waals surface area contributed by atoms with Gasteiger partial charge in [0.15, 0.2) is 62.2 Å². The van der Waals surface area contributed by atoms with Crippen LogP contribution in [0.5, 0.6) is 0 Å². The highest BCUT2D eigenvalue weighted by Gasteiger charge is 2.61. The molecular formula is C42H65N3O46S4. The molecule has 0 spiro atoms. The number of ether oxygens (including phenoxy) is 11. The molecule has 1 unspecified atom stereocenters. The molecule has 0 aromatic heterocycles. The highest BCUT2D eigenvalue weighted by molar-refractivity contribution is 7.81. The quantitative estimate of drug-likeness (QED) is 0.0340. The Bertz CT molecular complexity index is 3190. The lowest BCUT2D eigenvalue weighted by atomic mass is 9.93. The third-order valence-corrected chi connectivity index (χ3v) is 16.1. The number of hydrogen-bond acceptors (Lipinski definition) is 39.